The zero-order chi connectivity index (χ0) is 10.5. The van der Waals surface area contributed by atoms with Gasteiger partial charge in [-0.1, -0.05) is 30.3 Å². The molecule has 2 nitrogen and oxygen atoms in total. The number of hydrogen-bond donors (Lipinski definition) is 0. The van der Waals surface area contributed by atoms with Gasteiger partial charge in [0.2, 0.25) is 0 Å². The second-order valence-corrected chi connectivity index (χ2v) is 5.62. The second kappa shape index (κ2) is 5.44. The van der Waals surface area contributed by atoms with Crippen LogP contribution in [0.5, 0.6) is 0 Å². The van der Waals surface area contributed by atoms with Gasteiger partial charge in [0, 0.05) is 6.61 Å². The third-order valence-corrected chi connectivity index (χ3v) is 4.52. The monoisotopic (exact) mass is 221 g/mol. The van der Waals surface area contributed by atoms with Crippen molar-refractivity contribution in [3.8, 4) is 0 Å². The van der Waals surface area contributed by atoms with Gasteiger partial charge in [-0.3, -0.25) is 0 Å². The predicted molar refractivity (Wildman–Crippen MR) is 61.7 cm³/mol. The molecule has 1 aliphatic rings. The summed E-state index contributed by atoms with van der Waals surface area (Å²) < 4.78 is 11.6. The van der Waals surface area contributed by atoms with Gasteiger partial charge in [-0.25, -0.2) is 0 Å². The summed E-state index contributed by atoms with van der Waals surface area (Å²) in [7, 11) is -0.994. The first-order valence-corrected chi connectivity index (χ1v) is 7.09. The normalized spacial score (nSPS) is 20.1. The van der Waals surface area contributed by atoms with Gasteiger partial charge in [0.15, 0.2) is 0 Å². The Bertz CT molecular complexity index is 283. The Hall–Kier alpha value is -0.643. The van der Waals surface area contributed by atoms with Crippen LogP contribution in [-0.4, -0.2) is 15.9 Å². The highest BCUT2D eigenvalue weighted by Gasteiger charge is 2.22. The second-order valence-electron chi connectivity index (χ2n) is 3.85. The molecule has 1 saturated heterocycles. The lowest BCUT2D eigenvalue weighted by Gasteiger charge is -2.23. The Balaban J connectivity index is 1.88. The van der Waals surface area contributed by atoms with Crippen LogP contribution in [0.1, 0.15) is 31.4 Å². The molecule has 0 amide bonds. The lowest BCUT2D eigenvalue weighted by molar-refractivity contribution is 0.134. The number of benzene rings is 1. The minimum atomic E-state index is -0.994. The molecule has 0 aliphatic carbocycles. The van der Waals surface area contributed by atoms with Crippen molar-refractivity contribution in [2.45, 2.75) is 31.9 Å². The minimum Gasteiger partial charge on any atom is -0.393 e. The van der Waals surface area contributed by atoms with Crippen LogP contribution in [0.2, 0.25) is 6.04 Å². The van der Waals surface area contributed by atoms with Gasteiger partial charge < -0.3 is 8.85 Å². The Morgan fingerprint density at radius 1 is 1.27 bits per heavy atom. The molecule has 3 heteroatoms. The average Bonchev–Trinajstić information content (AvgIpc) is 2.31. The van der Waals surface area contributed by atoms with Gasteiger partial charge in [0.1, 0.15) is 0 Å². The standard InChI is InChI=1S/C12H17O2Si/c1-11(12-7-3-2-4-8-12)14-15-10-6-5-9-13-15/h2-4,7-8,11H,5-6,9-10H2,1H3. The van der Waals surface area contributed by atoms with Crippen molar-refractivity contribution in [2.24, 2.45) is 0 Å². The van der Waals surface area contributed by atoms with E-state index in [9.17, 15) is 0 Å². The van der Waals surface area contributed by atoms with E-state index in [2.05, 4.69) is 19.1 Å². The van der Waals surface area contributed by atoms with Gasteiger partial charge in [-0.05, 0) is 31.4 Å². The maximum atomic E-state index is 5.96. The van der Waals surface area contributed by atoms with Crippen LogP contribution in [0, 0.1) is 0 Å². The van der Waals surface area contributed by atoms with Crippen LogP contribution < -0.4 is 0 Å². The van der Waals surface area contributed by atoms with Crippen LogP contribution in [0.25, 0.3) is 0 Å². The van der Waals surface area contributed by atoms with E-state index in [0.29, 0.717) is 0 Å². The summed E-state index contributed by atoms with van der Waals surface area (Å²) in [5.41, 5.74) is 1.24. The fourth-order valence-electron chi connectivity index (χ4n) is 1.71. The van der Waals surface area contributed by atoms with Crippen LogP contribution in [0.4, 0.5) is 0 Å². The van der Waals surface area contributed by atoms with Gasteiger partial charge >= 0.3 is 9.28 Å². The first kappa shape index (κ1) is 10.9. The molecule has 1 radical (unpaired) electrons. The molecule has 0 aromatic heterocycles. The molecular formula is C12H17O2Si. The molecule has 1 aliphatic heterocycles. The number of hydrogen-bond acceptors (Lipinski definition) is 2. The van der Waals surface area contributed by atoms with E-state index in [1.54, 1.807) is 0 Å². The molecule has 15 heavy (non-hydrogen) atoms. The summed E-state index contributed by atoms with van der Waals surface area (Å²) in [4.78, 5) is 0. The molecule has 1 aromatic rings. The van der Waals surface area contributed by atoms with Crippen molar-refractivity contribution in [3.63, 3.8) is 0 Å². The molecule has 0 spiro atoms. The van der Waals surface area contributed by atoms with Crippen molar-refractivity contribution < 1.29 is 8.85 Å². The Morgan fingerprint density at radius 3 is 2.73 bits per heavy atom. The molecular weight excluding hydrogens is 204 g/mol. The zero-order valence-corrected chi connectivity index (χ0v) is 10.1. The molecule has 1 unspecified atom stereocenters. The van der Waals surface area contributed by atoms with Gasteiger partial charge in [0.25, 0.3) is 0 Å². The average molecular weight is 221 g/mol. The van der Waals surface area contributed by atoms with Crippen LogP contribution in [-0.2, 0) is 8.85 Å². The Labute approximate surface area is 93.1 Å². The largest absolute Gasteiger partial charge is 0.393 e. The Morgan fingerprint density at radius 2 is 2.07 bits per heavy atom. The molecule has 0 bridgehead atoms. The third kappa shape index (κ3) is 3.16. The van der Waals surface area contributed by atoms with Crippen LogP contribution in [0.3, 0.4) is 0 Å². The molecule has 1 atom stereocenters. The first-order valence-electron chi connectivity index (χ1n) is 5.56. The van der Waals surface area contributed by atoms with E-state index in [1.807, 2.05) is 18.2 Å². The quantitative estimate of drug-likeness (QED) is 0.730. The molecule has 81 valence electrons. The fraction of sp³-hybridized carbons (Fsp3) is 0.500. The third-order valence-electron chi connectivity index (χ3n) is 2.62. The molecule has 1 heterocycles. The highest BCUT2D eigenvalue weighted by atomic mass is 28.3. The summed E-state index contributed by atoms with van der Waals surface area (Å²) in [5.74, 6) is 0. The lowest BCUT2D eigenvalue weighted by atomic mass is 10.1. The van der Waals surface area contributed by atoms with Crippen molar-refractivity contribution >= 4 is 9.28 Å². The maximum Gasteiger partial charge on any atom is 0.385 e. The van der Waals surface area contributed by atoms with Crippen LogP contribution in [0.15, 0.2) is 30.3 Å². The fourth-order valence-corrected chi connectivity index (χ4v) is 3.48. The van der Waals surface area contributed by atoms with Crippen molar-refractivity contribution in [1.82, 2.24) is 0 Å². The van der Waals surface area contributed by atoms with E-state index in [-0.39, 0.29) is 6.10 Å². The van der Waals surface area contributed by atoms with E-state index in [0.717, 1.165) is 12.7 Å². The van der Waals surface area contributed by atoms with E-state index in [1.165, 1.54) is 18.4 Å². The molecule has 2 rings (SSSR count). The summed E-state index contributed by atoms with van der Waals surface area (Å²) in [6.45, 7) is 2.99. The van der Waals surface area contributed by atoms with Gasteiger partial charge in [-0.15, -0.1) is 0 Å². The first-order chi connectivity index (χ1) is 7.36. The topological polar surface area (TPSA) is 18.5 Å². The van der Waals surface area contributed by atoms with Crippen molar-refractivity contribution in [1.29, 1.82) is 0 Å². The van der Waals surface area contributed by atoms with E-state index in [4.69, 9.17) is 8.85 Å². The predicted octanol–water partition coefficient (Wildman–Crippen LogP) is 3.06. The maximum absolute atomic E-state index is 5.96. The minimum absolute atomic E-state index is 0.165. The van der Waals surface area contributed by atoms with Crippen molar-refractivity contribution in [2.75, 3.05) is 6.61 Å². The molecule has 0 N–H and O–H groups in total. The summed E-state index contributed by atoms with van der Waals surface area (Å²) >= 11 is 0. The van der Waals surface area contributed by atoms with Crippen LogP contribution >= 0.6 is 0 Å². The zero-order valence-electron chi connectivity index (χ0n) is 9.11. The summed E-state index contributed by atoms with van der Waals surface area (Å²) in [6.07, 6.45) is 2.62. The lowest BCUT2D eigenvalue weighted by Crippen LogP contribution is -2.28. The highest BCUT2D eigenvalue weighted by Crippen LogP contribution is 2.21. The smallest absolute Gasteiger partial charge is 0.385 e. The highest BCUT2D eigenvalue weighted by molar-refractivity contribution is 6.44. The van der Waals surface area contributed by atoms with E-state index < -0.39 is 9.28 Å². The summed E-state index contributed by atoms with van der Waals surface area (Å²) in [6, 6.07) is 11.5. The Kier molecular flexibility index (Phi) is 3.94. The molecule has 1 aromatic carbocycles. The van der Waals surface area contributed by atoms with E-state index >= 15 is 0 Å². The summed E-state index contributed by atoms with van der Waals surface area (Å²) in [5, 5.41) is 0. The van der Waals surface area contributed by atoms with Gasteiger partial charge in [0.05, 0.1) is 6.10 Å². The SMILES string of the molecule is CC(O[Si]1CCCCO1)c1ccccc1. The molecule has 1 fully saturated rings. The van der Waals surface area contributed by atoms with Gasteiger partial charge in [-0.2, -0.15) is 0 Å². The number of rotatable bonds is 3. The van der Waals surface area contributed by atoms with Crippen molar-refractivity contribution in [3.05, 3.63) is 35.9 Å². The molecule has 0 saturated carbocycles.